The molecule has 3 heteroatoms. The molecule has 1 aliphatic rings. The van der Waals surface area contributed by atoms with Gasteiger partial charge in [-0.05, 0) is 43.5 Å². The maximum absolute atomic E-state index is 12.7. The molecule has 1 aliphatic heterocycles. The van der Waals surface area contributed by atoms with Crippen LogP contribution in [0.2, 0.25) is 0 Å². The minimum atomic E-state index is -0.185. The Hall–Kier alpha value is -0.930. The Kier molecular flexibility index (Phi) is 3.91. The fourth-order valence-corrected chi connectivity index (χ4v) is 2.14. The van der Waals surface area contributed by atoms with Crippen LogP contribution in [0, 0.1) is 5.82 Å². The third-order valence-electron chi connectivity index (χ3n) is 3.11. The highest BCUT2D eigenvalue weighted by Crippen LogP contribution is 2.14. The Bertz CT molecular complexity index is 325. The lowest BCUT2D eigenvalue weighted by Crippen LogP contribution is -2.24. The number of benzene rings is 1. The summed E-state index contributed by atoms with van der Waals surface area (Å²) in [6.45, 7) is 2.81. The van der Waals surface area contributed by atoms with Crippen molar-refractivity contribution >= 4 is 0 Å². The van der Waals surface area contributed by atoms with Gasteiger partial charge >= 0.3 is 0 Å². The second-order valence-corrected chi connectivity index (χ2v) is 4.49. The van der Waals surface area contributed by atoms with Gasteiger partial charge in [0.2, 0.25) is 0 Å². The molecule has 88 valence electrons. The van der Waals surface area contributed by atoms with Gasteiger partial charge in [-0.25, -0.2) is 4.39 Å². The van der Waals surface area contributed by atoms with Gasteiger partial charge in [-0.1, -0.05) is 12.1 Å². The zero-order valence-electron chi connectivity index (χ0n) is 9.40. The number of rotatable bonds is 2. The number of hydrogen-bond donors (Lipinski definition) is 1. The zero-order valence-corrected chi connectivity index (χ0v) is 9.40. The van der Waals surface area contributed by atoms with Crippen molar-refractivity contribution in [3.63, 3.8) is 0 Å². The number of nitrogens with zero attached hydrogens (tertiary/aromatic N) is 1. The van der Waals surface area contributed by atoms with Crippen LogP contribution in [0.5, 0.6) is 0 Å². The number of aliphatic hydroxyl groups excluding tert-OH is 1. The van der Waals surface area contributed by atoms with E-state index in [4.69, 9.17) is 0 Å². The second kappa shape index (κ2) is 5.41. The Morgan fingerprint density at radius 3 is 2.69 bits per heavy atom. The molecule has 1 N–H and O–H groups in total. The molecule has 1 fully saturated rings. The fourth-order valence-electron chi connectivity index (χ4n) is 2.14. The summed E-state index contributed by atoms with van der Waals surface area (Å²) in [6, 6.07) is 6.66. The molecule has 0 unspecified atom stereocenters. The lowest BCUT2D eigenvalue weighted by Gasteiger charge is -2.19. The van der Waals surface area contributed by atoms with Gasteiger partial charge in [0, 0.05) is 13.1 Å². The monoisotopic (exact) mass is 223 g/mol. The number of aliphatic hydroxyl groups is 1. The molecular weight excluding hydrogens is 205 g/mol. The SMILES string of the molecule is O[C@H]1CCCN(Cc2ccc(F)cc2)CC1. The van der Waals surface area contributed by atoms with E-state index in [1.54, 1.807) is 0 Å². The summed E-state index contributed by atoms with van der Waals surface area (Å²) in [4.78, 5) is 2.32. The second-order valence-electron chi connectivity index (χ2n) is 4.49. The Morgan fingerprint density at radius 2 is 1.94 bits per heavy atom. The average Bonchev–Trinajstić information content (AvgIpc) is 2.47. The van der Waals surface area contributed by atoms with E-state index in [0.717, 1.165) is 44.5 Å². The van der Waals surface area contributed by atoms with Crippen LogP contribution < -0.4 is 0 Å². The molecule has 0 aromatic heterocycles. The predicted octanol–water partition coefficient (Wildman–Crippen LogP) is 2.17. The van der Waals surface area contributed by atoms with Gasteiger partial charge in [-0.15, -0.1) is 0 Å². The first-order valence-electron chi connectivity index (χ1n) is 5.89. The molecule has 0 aliphatic carbocycles. The predicted molar refractivity (Wildman–Crippen MR) is 61.5 cm³/mol. The maximum Gasteiger partial charge on any atom is 0.123 e. The fraction of sp³-hybridized carbons (Fsp3) is 0.538. The standard InChI is InChI=1S/C13H18FNO/c14-12-5-3-11(4-6-12)10-15-8-1-2-13(16)7-9-15/h3-6,13,16H,1-2,7-10H2/t13-/m0/s1. The summed E-state index contributed by atoms with van der Waals surface area (Å²) in [5.74, 6) is -0.185. The molecule has 2 nitrogen and oxygen atoms in total. The van der Waals surface area contributed by atoms with Crippen LogP contribution >= 0.6 is 0 Å². The molecule has 1 atom stereocenters. The van der Waals surface area contributed by atoms with Gasteiger partial charge in [0.25, 0.3) is 0 Å². The number of halogens is 1. The van der Waals surface area contributed by atoms with Gasteiger partial charge in [0.05, 0.1) is 6.10 Å². The van der Waals surface area contributed by atoms with Crippen molar-refractivity contribution in [1.29, 1.82) is 0 Å². The minimum Gasteiger partial charge on any atom is -0.393 e. The van der Waals surface area contributed by atoms with Crippen molar-refractivity contribution in [3.8, 4) is 0 Å². The highest BCUT2D eigenvalue weighted by atomic mass is 19.1. The lowest BCUT2D eigenvalue weighted by molar-refractivity contribution is 0.154. The van der Waals surface area contributed by atoms with Crippen LogP contribution in [-0.4, -0.2) is 29.2 Å². The maximum atomic E-state index is 12.7. The molecule has 16 heavy (non-hydrogen) atoms. The summed E-state index contributed by atoms with van der Waals surface area (Å²) in [5.41, 5.74) is 1.14. The van der Waals surface area contributed by atoms with Crippen LogP contribution in [-0.2, 0) is 6.54 Å². The molecule has 1 saturated heterocycles. The highest BCUT2D eigenvalue weighted by Gasteiger charge is 2.14. The van der Waals surface area contributed by atoms with Gasteiger partial charge < -0.3 is 5.11 Å². The summed E-state index contributed by atoms with van der Waals surface area (Å²) in [6.07, 6.45) is 2.65. The van der Waals surface area contributed by atoms with E-state index in [1.807, 2.05) is 12.1 Å². The van der Waals surface area contributed by atoms with E-state index in [1.165, 1.54) is 12.1 Å². The number of likely N-dealkylation sites (tertiary alicyclic amines) is 1. The van der Waals surface area contributed by atoms with E-state index in [-0.39, 0.29) is 11.9 Å². The lowest BCUT2D eigenvalue weighted by atomic mass is 10.2. The van der Waals surface area contributed by atoms with E-state index in [2.05, 4.69) is 4.90 Å². The Balaban J connectivity index is 1.91. The number of hydrogen-bond acceptors (Lipinski definition) is 2. The van der Waals surface area contributed by atoms with Gasteiger partial charge in [-0.2, -0.15) is 0 Å². The summed E-state index contributed by atoms with van der Waals surface area (Å²) in [5, 5.41) is 9.53. The first kappa shape index (κ1) is 11.6. The summed E-state index contributed by atoms with van der Waals surface area (Å²) < 4.78 is 12.7. The van der Waals surface area contributed by atoms with Gasteiger partial charge in [0.1, 0.15) is 5.82 Å². The molecule has 0 amide bonds. The Morgan fingerprint density at radius 1 is 1.19 bits per heavy atom. The Labute approximate surface area is 95.7 Å². The van der Waals surface area contributed by atoms with Crippen LogP contribution in [0.1, 0.15) is 24.8 Å². The molecule has 2 rings (SSSR count). The molecule has 0 radical (unpaired) electrons. The normalized spacial score (nSPS) is 23.0. The van der Waals surface area contributed by atoms with Crippen molar-refractivity contribution in [3.05, 3.63) is 35.6 Å². The zero-order chi connectivity index (χ0) is 11.4. The van der Waals surface area contributed by atoms with Crippen LogP contribution in [0.4, 0.5) is 4.39 Å². The smallest absolute Gasteiger partial charge is 0.123 e. The summed E-state index contributed by atoms with van der Waals surface area (Å²) >= 11 is 0. The van der Waals surface area contributed by atoms with E-state index >= 15 is 0 Å². The van der Waals surface area contributed by atoms with Crippen LogP contribution in [0.15, 0.2) is 24.3 Å². The first-order chi connectivity index (χ1) is 7.74. The third-order valence-corrected chi connectivity index (χ3v) is 3.11. The molecule has 1 heterocycles. The summed E-state index contributed by atoms with van der Waals surface area (Å²) in [7, 11) is 0. The molecule has 0 saturated carbocycles. The largest absolute Gasteiger partial charge is 0.393 e. The van der Waals surface area contributed by atoms with Crippen LogP contribution in [0.25, 0.3) is 0 Å². The van der Waals surface area contributed by atoms with E-state index < -0.39 is 0 Å². The van der Waals surface area contributed by atoms with Crippen molar-refractivity contribution in [2.75, 3.05) is 13.1 Å². The minimum absolute atomic E-state index is 0.141. The molecule has 0 spiro atoms. The highest BCUT2D eigenvalue weighted by molar-refractivity contribution is 5.15. The molecule has 1 aromatic carbocycles. The van der Waals surface area contributed by atoms with E-state index in [9.17, 15) is 9.50 Å². The van der Waals surface area contributed by atoms with Crippen molar-refractivity contribution in [1.82, 2.24) is 4.90 Å². The van der Waals surface area contributed by atoms with Crippen LogP contribution in [0.3, 0.4) is 0 Å². The molecular formula is C13H18FNO. The third kappa shape index (κ3) is 3.29. The topological polar surface area (TPSA) is 23.5 Å². The first-order valence-corrected chi connectivity index (χ1v) is 5.89. The molecule has 1 aromatic rings. The van der Waals surface area contributed by atoms with Crippen molar-refractivity contribution in [2.45, 2.75) is 31.9 Å². The van der Waals surface area contributed by atoms with Gasteiger partial charge in [-0.3, -0.25) is 4.90 Å². The van der Waals surface area contributed by atoms with Gasteiger partial charge in [0.15, 0.2) is 0 Å². The average molecular weight is 223 g/mol. The molecule has 0 bridgehead atoms. The van der Waals surface area contributed by atoms with Crippen molar-refractivity contribution < 1.29 is 9.50 Å². The quantitative estimate of drug-likeness (QED) is 0.830. The van der Waals surface area contributed by atoms with Crippen molar-refractivity contribution in [2.24, 2.45) is 0 Å². The van der Waals surface area contributed by atoms with E-state index in [0.29, 0.717) is 0 Å².